The van der Waals surface area contributed by atoms with Crippen LogP contribution in [0.4, 0.5) is 5.95 Å². The van der Waals surface area contributed by atoms with E-state index in [0.717, 1.165) is 5.56 Å². The molecule has 0 N–H and O–H groups in total. The first-order chi connectivity index (χ1) is 15.1. The third-order valence-electron chi connectivity index (χ3n) is 5.39. The van der Waals surface area contributed by atoms with Crippen molar-refractivity contribution in [1.29, 1.82) is 0 Å². The fourth-order valence-electron chi connectivity index (χ4n) is 3.71. The van der Waals surface area contributed by atoms with Gasteiger partial charge in [-0.2, -0.15) is 0 Å². The summed E-state index contributed by atoms with van der Waals surface area (Å²) in [5.41, 5.74) is 1.67. The Bertz CT molecular complexity index is 1190. The summed E-state index contributed by atoms with van der Waals surface area (Å²) >= 11 is 0. The maximum Gasteiger partial charge on any atom is 0.255 e. The molecule has 31 heavy (non-hydrogen) atoms. The summed E-state index contributed by atoms with van der Waals surface area (Å²) in [7, 11) is 1.67. The van der Waals surface area contributed by atoms with E-state index >= 15 is 0 Å². The highest BCUT2D eigenvalue weighted by Crippen LogP contribution is 2.33. The molecule has 9 nitrogen and oxygen atoms in total. The Hall–Kier alpha value is -3.72. The van der Waals surface area contributed by atoms with Crippen LogP contribution in [0.25, 0.3) is 11.3 Å². The van der Waals surface area contributed by atoms with E-state index in [1.54, 1.807) is 49.8 Å². The lowest BCUT2D eigenvalue weighted by Gasteiger charge is -2.33. The van der Waals surface area contributed by atoms with Crippen LogP contribution in [0.3, 0.4) is 0 Å². The van der Waals surface area contributed by atoms with E-state index in [9.17, 15) is 9.59 Å². The number of carbonyl (C=O) groups is 1. The van der Waals surface area contributed by atoms with Crippen molar-refractivity contribution >= 4 is 11.7 Å². The molecule has 4 heterocycles. The number of hydrogen-bond acceptors (Lipinski definition) is 8. The van der Waals surface area contributed by atoms with Gasteiger partial charge in [-0.1, -0.05) is 0 Å². The van der Waals surface area contributed by atoms with Gasteiger partial charge in [0.05, 0.1) is 18.8 Å². The van der Waals surface area contributed by atoms with E-state index in [-0.39, 0.29) is 24.7 Å². The van der Waals surface area contributed by atoms with Crippen LogP contribution in [0.1, 0.15) is 10.4 Å². The smallest absolute Gasteiger partial charge is 0.255 e. The number of aromatic nitrogens is 3. The molecule has 0 aliphatic carbocycles. The number of Topliss-reactive ketones (excluding diaryl/α,β-unsaturated/α-hetero) is 1. The van der Waals surface area contributed by atoms with Crippen LogP contribution in [0.15, 0.2) is 53.6 Å². The predicted molar refractivity (Wildman–Crippen MR) is 112 cm³/mol. The van der Waals surface area contributed by atoms with Crippen molar-refractivity contribution in [2.24, 2.45) is 7.05 Å². The molecule has 2 aliphatic heterocycles. The second-order valence-electron chi connectivity index (χ2n) is 7.31. The minimum atomic E-state index is -0.685. The van der Waals surface area contributed by atoms with Gasteiger partial charge in [0, 0.05) is 43.2 Å². The van der Waals surface area contributed by atoms with E-state index in [2.05, 4.69) is 4.98 Å². The minimum absolute atomic E-state index is 0.147. The topological polar surface area (TPSA) is 95.8 Å². The number of carbonyl (C=O) groups excluding carboxylic acids is 1. The van der Waals surface area contributed by atoms with Gasteiger partial charge in [0.25, 0.3) is 5.56 Å². The van der Waals surface area contributed by atoms with Crippen molar-refractivity contribution < 1.29 is 19.0 Å². The van der Waals surface area contributed by atoms with Crippen LogP contribution in [0.5, 0.6) is 11.5 Å². The zero-order chi connectivity index (χ0) is 21.4. The third kappa shape index (κ3) is 3.64. The van der Waals surface area contributed by atoms with E-state index in [4.69, 9.17) is 19.2 Å². The maximum absolute atomic E-state index is 13.1. The molecule has 0 bridgehead atoms. The van der Waals surface area contributed by atoms with Gasteiger partial charge in [0.15, 0.2) is 17.3 Å². The number of anilines is 1. The molecule has 1 unspecified atom stereocenters. The molecule has 1 fully saturated rings. The van der Waals surface area contributed by atoms with Gasteiger partial charge in [-0.25, -0.2) is 4.98 Å². The average molecular weight is 420 g/mol. The predicted octanol–water partition coefficient (Wildman–Crippen LogP) is 1.66. The van der Waals surface area contributed by atoms with Gasteiger partial charge in [0.1, 0.15) is 6.10 Å². The maximum atomic E-state index is 13.1. The van der Waals surface area contributed by atoms with Crippen LogP contribution in [-0.2, 0) is 11.8 Å². The Morgan fingerprint density at radius 2 is 1.90 bits per heavy atom. The van der Waals surface area contributed by atoms with Gasteiger partial charge in [-0.05, 0) is 30.3 Å². The van der Waals surface area contributed by atoms with E-state index in [0.29, 0.717) is 41.9 Å². The fourth-order valence-corrected chi connectivity index (χ4v) is 3.71. The van der Waals surface area contributed by atoms with Crippen LogP contribution in [0.2, 0.25) is 0 Å². The highest BCUT2D eigenvalue weighted by atomic mass is 16.7. The monoisotopic (exact) mass is 420 g/mol. The first-order valence-corrected chi connectivity index (χ1v) is 9.89. The Kier molecular flexibility index (Phi) is 4.87. The lowest BCUT2D eigenvalue weighted by molar-refractivity contribution is 0.0336. The fraction of sp³-hybridized carbons (Fsp3) is 0.273. The number of nitrogens with zero attached hydrogens (tertiary/aromatic N) is 4. The van der Waals surface area contributed by atoms with Gasteiger partial charge >= 0.3 is 0 Å². The Morgan fingerprint density at radius 1 is 1.10 bits per heavy atom. The number of hydrogen-bond donors (Lipinski definition) is 0. The molecule has 2 aliphatic rings. The molecule has 0 radical (unpaired) electrons. The Morgan fingerprint density at radius 3 is 2.74 bits per heavy atom. The summed E-state index contributed by atoms with van der Waals surface area (Å²) in [6.45, 7) is 1.29. The molecule has 1 aromatic carbocycles. The normalized spacial score (nSPS) is 17.6. The number of pyridine rings is 1. The molecular weight excluding hydrogens is 400 g/mol. The molecule has 1 saturated heterocycles. The largest absolute Gasteiger partial charge is 0.454 e. The van der Waals surface area contributed by atoms with Crippen LogP contribution in [-0.4, -0.2) is 52.9 Å². The standard InChI is InChI=1S/C22H20N4O5/c1-25-20(27)11-16(14-4-6-23-7-5-14)24-22(25)26-8-9-29-19(12-26)21(28)15-2-3-17-18(10-15)31-13-30-17/h2-7,10-11,19H,8-9,12-13H2,1H3. The van der Waals surface area contributed by atoms with Gasteiger partial charge < -0.3 is 19.1 Å². The molecule has 0 spiro atoms. The summed E-state index contributed by atoms with van der Waals surface area (Å²) in [6, 6.07) is 10.2. The Balaban J connectivity index is 1.42. The van der Waals surface area contributed by atoms with Gasteiger partial charge in [-0.3, -0.25) is 19.1 Å². The van der Waals surface area contributed by atoms with Crippen molar-refractivity contribution in [3.05, 3.63) is 64.7 Å². The molecule has 9 heteroatoms. The van der Waals surface area contributed by atoms with E-state index < -0.39 is 6.10 Å². The SMILES string of the molecule is Cn1c(N2CCOC(C(=O)c3ccc4c(c3)OCO4)C2)nc(-c2ccncc2)cc1=O. The summed E-state index contributed by atoms with van der Waals surface area (Å²) < 4.78 is 17.9. The molecule has 0 saturated carbocycles. The minimum Gasteiger partial charge on any atom is -0.454 e. The Labute approximate surface area is 177 Å². The summed E-state index contributed by atoms with van der Waals surface area (Å²) in [5.74, 6) is 1.51. The van der Waals surface area contributed by atoms with Crippen LogP contribution in [0, 0.1) is 0 Å². The molecule has 0 amide bonds. The first-order valence-electron chi connectivity index (χ1n) is 9.89. The molecule has 2 aromatic heterocycles. The van der Waals surface area contributed by atoms with Gasteiger partial charge in [0.2, 0.25) is 12.7 Å². The molecule has 158 valence electrons. The molecule has 3 aromatic rings. The van der Waals surface area contributed by atoms with Crippen molar-refractivity contribution in [3.63, 3.8) is 0 Å². The van der Waals surface area contributed by atoms with Crippen molar-refractivity contribution in [2.45, 2.75) is 6.10 Å². The number of ether oxygens (including phenoxy) is 3. The number of fused-ring (bicyclic) bond motifs is 1. The summed E-state index contributed by atoms with van der Waals surface area (Å²) in [5, 5.41) is 0. The van der Waals surface area contributed by atoms with Gasteiger partial charge in [-0.15, -0.1) is 0 Å². The number of rotatable bonds is 4. The third-order valence-corrected chi connectivity index (χ3v) is 5.39. The van der Waals surface area contributed by atoms with E-state index in [1.165, 1.54) is 10.6 Å². The van der Waals surface area contributed by atoms with Crippen molar-refractivity contribution in [1.82, 2.24) is 14.5 Å². The van der Waals surface area contributed by atoms with E-state index in [1.807, 2.05) is 4.90 Å². The quantitative estimate of drug-likeness (QED) is 0.588. The van der Waals surface area contributed by atoms with Crippen LogP contribution < -0.4 is 19.9 Å². The number of benzene rings is 1. The lowest BCUT2D eigenvalue weighted by Crippen LogP contribution is -2.48. The molecule has 1 atom stereocenters. The average Bonchev–Trinajstić information content (AvgIpc) is 3.29. The highest BCUT2D eigenvalue weighted by molar-refractivity contribution is 6.00. The summed E-state index contributed by atoms with van der Waals surface area (Å²) in [6.07, 6.45) is 2.63. The zero-order valence-electron chi connectivity index (χ0n) is 16.9. The second-order valence-corrected chi connectivity index (χ2v) is 7.31. The number of morpholine rings is 1. The number of ketones is 1. The highest BCUT2D eigenvalue weighted by Gasteiger charge is 2.30. The molecule has 5 rings (SSSR count). The second kappa shape index (κ2) is 7.84. The van der Waals surface area contributed by atoms with Crippen molar-refractivity contribution in [2.75, 3.05) is 31.4 Å². The molecular formula is C22H20N4O5. The van der Waals surface area contributed by atoms with Crippen molar-refractivity contribution in [3.8, 4) is 22.8 Å². The lowest BCUT2D eigenvalue weighted by atomic mass is 10.0. The first kappa shape index (κ1) is 19.3. The van der Waals surface area contributed by atoms with Crippen LogP contribution >= 0.6 is 0 Å². The summed E-state index contributed by atoms with van der Waals surface area (Å²) in [4.78, 5) is 36.3. The zero-order valence-corrected chi connectivity index (χ0v) is 16.9.